The Kier molecular flexibility index (Phi) is 8.45. The van der Waals surface area contributed by atoms with Crippen molar-refractivity contribution >= 4 is 5.97 Å². The summed E-state index contributed by atoms with van der Waals surface area (Å²) in [6, 6.07) is 0. The molecule has 0 atom stereocenters. The maximum atomic E-state index is 10.9. The number of hydrogen-bond acceptors (Lipinski definition) is 2. The summed E-state index contributed by atoms with van der Waals surface area (Å²) in [6.45, 7) is 2.70. The Morgan fingerprint density at radius 1 is 1.55 bits per heavy atom. The van der Waals surface area contributed by atoms with Crippen LogP contribution < -0.4 is 21.2 Å². The number of ether oxygens (including phenoxy) is 1. The van der Waals surface area contributed by atoms with E-state index in [2.05, 4.69) is 11.9 Å². The van der Waals surface area contributed by atoms with Crippen LogP contribution in [0.1, 0.15) is 26.2 Å². The van der Waals surface area contributed by atoms with Gasteiger partial charge < -0.3 is 0 Å². The van der Waals surface area contributed by atoms with E-state index in [1.54, 1.807) is 0 Å². The molecule has 0 bridgehead atoms. The summed E-state index contributed by atoms with van der Waals surface area (Å²) in [7, 11) is 0. The van der Waals surface area contributed by atoms with E-state index in [1.807, 2.05) is 0 Å². The molecule has 11 heavy (non-hydrogen) atoms. The van der Waals surface area contributed by atoms with Gasteiger partial charge in [0.25, 0.3) is 0 Å². The van der Waals surface area contributed by atoms with Crippen molar-refractivity contribution in [1.29, 1.82) is 0 Å². The van der Waals surface area contributed by atoms with Crippen molar-refractivity contribution in [3.05, 3.63) is 0 Å². The Balaban J connectivity index is 3.09. The molecule has 0 amide bonds. The van der Waals surface area contributed by atoms with Gasteiger partial charge in [-0.05, 0) is 0 Å². The SMILES string of the molecule is CCCCOC(=O)CC[I-]C. The standard InChI is InChI=1S/C8H16IO2/c1-3-4-7-11-8(10)5-6-9-2/h3-7H2,1-2H3/q-1. The van der Waals surface area contributed by atoms with Gasteiger partial charge in [-0.2, -0.15) is 0 Å². The first-order chi connectivity index (χ1) is 5.31. The summed E-state index contributed by atoms with van der Waals surface area (Å²) < 4.78 is 6.02. The number of hydrogen-bond donors (Lipinski definition) is 0. The van der Waals surface area contributed by atoms with Crippen molar-refractivity contribution in [2.45, 2.75) is 26.2 Å². The molecular weight excluding hydrogens is 255 g/mol. The van der Waals surface area contributed by atoms with Crippen LogP contribution >= 0.6 is 0 Å². The zero-order valence-corrected chi connectivity index (χ0v) is 9.39. The maximum absolute atomic E-state index is 10.9. The van der Waals surface area contributed by atoms with Gasteiger partial charge in [0, 0.05) is 0 Å². The molecule has 0 heterocycles. The fourth-order valence-corrected chi connectivity index (χ4v) is 1.55. The average molecular weight is 271 g/mol. The molecule has 0 saturated heterocycles. The molecule has 0 aliphatic rings. The molecule has 0 rings (SSSR count). The molecule has 0 radical (unpaired) electrons. The number of esters is 1. The van der Waals surface area contributed by atoms with E-state index in [0.29, 0.717) is 13.0 Å². The first-order valence-electron chi connectivity index (χ1n) is 3.90. The van der Waals surface area contributed by atoms with Crippen LogP contribution in [-0.2, 0) is 9.53 Å². The molecule has 0 aromatic carbocycles. The van der Waals surface area contributed by atoms with Crippen LogP contribution in [0.5, 0.6) is 0 Å². The van der Waals surface area contributed by atoms with E-state index in [1.165, 1.54) is 0 Å². The topological polar surface area (TPSA) is 26.3 Å². The van der Waals surface area contributed by atoms with Crippen molar-refractivity contribution in [2.75, 3.05) is 16.0 Å². The van der Waals surface area contributed by atoms with Gasteiger partial charge in [0.2, 0.25) is 0 Å². The van der Waals surface area contributed by atoms with Gasteiger partial charge in [-0.15, -0.1) is 0 Å². The average Bonchev–Trinajstić information content (AvgIpc) is 2.01. The minimum absolute atomic E-state index is 0.0139. The van der Waals surface area contributed by atoms with Crippen LogP contribution in [0.25, 0.3) is 0 Å². The molecule has 68 valence electrons. The van der Waals surface area contributed by atoms with Crippen molar-refractivity contribution in [1.82, 2.24) is 0 Å². The number of rotatable bonds is 6. The second kappa shape index (κ2) is 8.30. The molecule has 0 aliphatic heterocycles. The van der Waals surface area contributed by atoms with Gasteiger partial charge in [0.05, 0.1) is 0 Å². The van der Waals surface area contributed by atoms with Crippen LogP contribution in [0.4, 0.5) is 0 Å². The molecule has 0 aromatic rings. The molecule has 0 N–H and O–H groups in total. The predicted octanol–water partition coefficient (Wildman–Crippen LogP) is -1.56. The van der Waals surface area contributed by atoms with E-state index in [0.717, 1.165) is 17.3 Å². The normalized spacial score (nSPS) is 10.0. The second-order valence-electron chi connectivity index (χ2n) is 2.28. The Morgan fingerprint density at radius 3 is 2.82 bits per heavy atom. The van der Waals surface area contributed by atoms with Gasteiger partial charge >= 0.3 is 78.9 Å². The molecular formula is C8H16IO2-. The Morgan fingerprint density at radius 2 is 2.27 bits per heavy atom. The molecule has 0 unspecified atom stereocenters. The Hall–Kier alpha value is 0.200. The number of carbonyl (C=O) groups is 1. The summed E-state index contributed by atoms with van der Waals surface area (Å²) >= 11 is 0.253. The molecule has 0 saturated carbocycles. The van der Waals surface area contributed by atoms with Gasteiger partial charge in [-0.3, -0.25) is 0 Å². The van der Waals surface area contributed by atoms with Crippen molar-refractivity contribution in [3.8, 4) is 0 Å². The van der Waals surface area contributed by atoms with Gasteiger partial charge in [-0.1, -0.05) is 0 Å². The monoisotopic (exact) mass is 271 g/mol. The van der Waals surface area contributed by atoms with E-state index in [4.69, 9.17) is 4.74 Å². The predicted molar refractivity (Wildman–Crippen MR) is 41.3 cm³/mol. The van der Waals surface area contributed by atoms with Gasteiger partial charge in [0.15, 0.2) is 0 Å². The number of alkyl halides is 2. The van der Waals surface area contributed by atoms with E-state index in [9.17, 15) is 4.79 Å². The first kappa shape index (κ1) is 11.2. The van der Waals surface area contributed by atoms with E-state index >= 15 is 0 Å². The van der Waals surface area contributed by atoms with Crippen molar-refractivity contribution in [2.24, 2.45) is 0 Å². The molecule has 0 spiro atoms. The third-order valence-corrected chi connectivity index (χ3v) is 2.87. The molecule has 0 fully saturated rings. The zero-order chi connectivity index (χ0) is 8.53. The van der Waals surface area contributed by atoms with Crippen LogP contribution in [0, 0.1) is 0 Å². The molecule has 2 nitrogen and oxygen atoms in total. The van der Waals surface area contributed by atoms with Gasteiger partial charge in [0.1, 0.15) is 0 Å². The summed E-state index contributed by atoms with van der Waals surface area (Å²) in [4.78, 5) is 13.1. The van der Waals surface area contributed by atoms with Crippen LogP contribution in [0.3, 0.4) is 0 Å². The number of unbranched alkanes of at least 4 members (excludes halogenated alkanes) is 1. The van der Waals surface area contributed by atoms with Crippen LogP contribution in [0.2, 0.25) is 0 Å². The third-order valence-electron chi connectivity index (χ3n) is 1.25. The second-order valence-corrected chi connectivity index (χ2v) is 4.88. The third kappa shape index (κ3) is 8.10. The molecule has 0 aromatic heterocycles. The quantitative estimate of drug-likeness (QED) is 0.253. The Bertz CT molecular complexity index is 104. The summed E-state index contributed by atoms with van der Waals surface area (Å²) in [6.07, 6.45) is 2.72. The van der Waals surface area contributed by atoms with Gasteiger partial charge in [-0.25, -0.2) is 0 Å². The van der Waals surface area contributed by atoms with Crippen molar-refractivity contribution < 1.29 is 30.7 Å². The summed E-state index contributed by atoms with van der Waals surface area (Å²) in [5.74, 6) is -0.0139. The molecule has 0 aliphatic carbocycles. The van der Waals surface area contributed by atoms with Crippen molar-refractivity contribution in [3.63, 3.8) is 0 Å². The first-order valence-corrected chi connectivity index (χ1v) is 7.59. The molecule has 3 heteroatoms. The van der Waals surface area contributed by atoms with Crippen LogP contribution in [0.15, 0.2) is 0 Å². The fourth-order valence-electron chi connectivity index (χ4n) is 0.574. The fraction of sp³-hybridized carbons (Fsp3) is 0.875. The van der Waals surface area contributed by atoms with E-state index < -0.39 is 0 Å². The Labute approximate surface area is 79.0 Å². The minimum atomic E-state index is -0.0139. The van der Waals surface area contributed by atoms with Crippen LogP contribution in [-0.4, -0.2) is 21.9 Å². The van der Waals surface area contributed by atoms with E-state index in [-0.39, 0.29) is 27.2 Å². The summed E-state index contributed by atoms with van der Waals surface area (Å²) in [5, 5.41) is 0. The number of carbonyl (C=O) groups excluding carboxylic acids is 1. The number of halogens is 1. The zero-order valence-electron chi connectivity index (χ0n) is 7.23. The summed E-state index contributed by atoms with van der Waals surface area (Å²) in [5.41, 5.74) is 0.